The maximum absolute atomic E-state index is 12.4. The molecule has 1 heterocycles. The zero-order chi connectivity index (χ0) is 17.9. The highest BCUT2D eigenvalue weighted by molar-refractivity contribution is 5.70. The van der Waals surface area contributed by atoms with Crippen LogP contribution in [0.4, 0.5) is 20.2 Å². The van der Waals surface area contributed by atoms with Crippen molar-refractivity contribution in [3.63, 3.8) is 0 Å². The van der Waals surface area contributed by atoms with Crippen LogP contribution in [0.3, 0.4) is 0 Å². The topological polar surface area (TPSA) is 59.6 Å². The second-order valence-electron chi connectivity index (χ2n) is 4.21. The highest BCUT2D eigenvalue weighted by Gasteiger charge is 2.12. The van der Waals surface area contributed by atoms with Gasteiger partial charge in [0.1, 0.15) is 0 Å². The Morgan fingerprint density at radius 2 is 1.62 bits per heavy atom. The molecule has 0 atom stereocenters. The molecule has 2 N–H and O–H groups in total. The van der Waals surface area contributed by atoms with Crippen LogP contribution in [-0.4, -0.2) is 20.3 Å². The molecule has 1 aliphatic rings. The number of anilines is 2. The Balaban J connectivity index is 0.000000218. The van der Waals surface area contributed by atoms with Crippen molar-refractivity contribution < 1.29 is 23.0 Å². The third kappa shape index (κ3) is 5.42. The van der Waals surface area contributed by atoms with E-state index < -0.39 is 11.6 Å². The number of ether oxygens (including phenoxy) is 2. The highest BCUT2D eigenvalue weighted by atomic mass is 19.2. The minimum Gasteiger partial charge on any atom is -0.454 e. The number of carbonyl (C=O) groups is 1. The lowest BCUT2D eigenvalue weighted by Crippen LogP contribution is -1.94. The fourth-order valence-corrected chi connectivity index (χ4v) is 1.71. The summed E-state index contributed by atoms with van der Waals surface area (Å²) in [7, 11) is 1.87. The monoisotopic (exact) mass is 338 g/mol. The van der Waals surface area contributed by atoms with Crippen LogP contribution in [0, 0.1) is 11.6 Å². The van der Waals surface area contributed by atoms with E-state index in [-0.39, 0.29) is 5.69 Å². The standard InChI is InChI=1S/C8H9NO2.C7H5F2NO.C2H6/c1-9-6-2-3-7-8(4-6)11-5-10-7;8-6-2-1-5(10-4-11)3-7(6)9;1-2/h2-4,9H,5H2,1H3;1-4H,(H,10,11);1-2H3. The first-order valence-corrected chi connectivity index (χ1v) is 7.36. The van der Waals surface area contributed by atoms with Crippen LogP contribution in [-0.2, 0) is 4.79 Å². The van der Waals surface area contributed by atoms with Crippen molar-refractivity contribution in [3.05, 3.63) is 48.0 Å². The van der Waals surface area contributed by atoms with E-state index in [1.165, 1.54) is 6.07 Å². The van der Waals surface area contributed by atoms with E-state index >= 15 is 0 Å². The van der Waals surface area contributed by atoms with E-state index in [0.29, 0.717) is 13.2 Å². The molecule has 0 aromatic heterocycles. The Morgan fingerprint density at radius 1 is 0.958 bits per heavy atom. The second-order valence-corrected chi connectivity index (χ2v) is 4.21. The molecule has 0 unspecified atom stereocenters. The Kier molecular flexibility index (Phi) is 8.04. The van der Waals surface area contributed by atoms with Crippen LogP contribution >= 0.6 is 0 Å². The molecule has 0 aliphatic carbocycles. The fraction of sp³-hybridized carbons (Fsp3) is 0.235. The van der Waals surface area contributed by atoms with Gasteiger partial charge in [-0.15, -0.1) is 0 Å². The van der Waals surface area contributed by atoms with E-state index in [2.05, 4.69) is 10.6 Å². The van der Waals surface area contributed by atoms with E-state index in [1.54, 1.807) is 0 Å². The molecule has 7 heteroatoms. The van der Waals surface area contributed by atoms with Crippen molar-refractivity contribution in [1.29, 1.82) is 0 Å². The first-order valence-electron chi connectivity index (χ1n) is 7.36. The second kappa shape index (κ2) is 10.0. The maximum Gasteiger partial charge on any atom is 0.231 e. The average molecular weight is 338 g/mol. The minimum absolute atomic E-state index is 0.235. The highest BCUT2D eigenvalue weighted by Crippen LogP contribution is 2.33. The first kappa shape index (κ1) is 19.2. The van der Waals surface area contributed by atoms with Gasteiger partial charge in [-0.2, -0.15) is 0 Å². The summed E-state index contributed by atoms with van der Waals surface area (Å²) in [6.07, 6.45) is 0.396. The van der Waals surface area contributed by atoms with Crippen LogP contribution in [0.5, 0.6) is 11.5 Å². The van der Waals surface area contributed by atoms with Crippen LogP contribution in [0.15, 0.2) is 36.4 Å². The van der Waals surface area contributed by atoms with Gasteiger partial charge >= 0.3 is 0 Å². The lowest BCUT2D eigenvalue weighted by Gasteiger charge is -2.00. The predicted molar refractivity (Wildman–Crippen MR) is 89.5 cm³/mol. The van der Waals surface area contributed by atoms with Crippen molar-refractivity contribution in [3.8, 4) is 11.5 Å². The number of nitrogens with one attached hydrogen (secondary N) is 2. The summed E-state index contributed by atoms with van der Waals surface area (Å²) in [6, 6.07) is 8.89. The average Bonchev–Trinajstić information content (AvgIpc) is 3.08. The van der Waals surface area contributed by atoms with Gasteiger partial charge in [-0.25, -0.2) is 8.78 Å². The Labute approximate surface area is 139 Å². The van der Waals surface area contributed by atoms with E-state index in [0.717, 1.165) is 29.3 Å². The summed E-state index contributed by atoms with van der Waals surface area (Å²) in [5.74, 6) is -0.265. The number of hydrogen-bond acceptors (Lipinski definition) is 4. The predicted octanol–water partition coefficient (Wildman–Crippen LogP) is 4.02. The lowest BCUT2D eigenvalue weighted by molar-refractivity contribution is -0.105. The molecule has 0 saturated heterocycles. The molecule has 0 spiro atoms. The van der Waals surface area contributed by atoms with Crippen LogP contribution in [0.1, 0.15) is 13.8 Å². The smallest absolute Gasteiger partial charge is 0.231 e. The van der Waals surface area contributed by atoms with Crippen molar-refractivity contribution in [2.24, 2.45) is 0 Å². The van der Waals surface area contributed by atoms with Gasteiger partial charge in [0.25, 0.3) is 0 Å². The first-order chi connectivity index (χ1) is 11.6. The number of hydrogen-bond donors (Lipinski definition) is 2. The molecule has 0 fully saturated rings. The third-order valence-electron chi connectivity index (χ3n) is 2.81. The molecule has 0 saturated carbocycles. The Hall–Kier alpha value is -2.83. The Morgan fingerprint density at radius 3 is 2.25 bits per heavy atom. The molecular formula is C17H20F2N2O3. The number of halogens is 2. The van der Waals surface area contributed by atoms with Crippen molar-refractivity contribution in [2.75, 3.05) is 24.5 Å². The van der Waals surface area contributed by atoms with Gasteiger partial charge in [-0.05, 0) is 24.3 Å². The van der Waals surface area contributed by atoms with Crippen molar-refractivity contribution in [2.45, 2.75) is 13.8 Å². The zero-order valence-electron chi connectivity index (χ0n) is 13.7. The van der Waals surface area contributed by atoms with Gasteiger partial charge in [0.05, 0.1) is 0 Å². The van der Waals surface area contributed by atoms with Crippen LogP contribution in [0.25, 0.3) is 0 Å². The molecular weight excluding hydrogens is 318 g/mol. The SMILES string of the molecule is CC.CNc1ccc2c(c1)OCO2.O=CNc1ccc(F)c(F)c1. The quantitative estimate of drug-likeness (QED) is 0.830. The van der Waals surface area contributed by atoms with Gasteiger partial charge < -0.3 is 20.1 Å². The number of benzene rings is 2. The molecule has 3 rings (SSSR count). The summed E-state index contributed by atoms with van der Waals surface area (Å²) < 4.78 is 34.9. The third-order valence-corrected chi connectivity index (χ3v) is 2.81. The van der Waals surface area contributed by atoms with Crippen LogP contribution < -0.4 is 20.1 Å². The van der Waals surface area contributed by atoms with Crippen LogP contribution in [0.2, 0.25) is 0 Å². The molecule has 5 nitrogen and oxygen atoms in total. The molecule has 24 heavy (non-hydrogen) atoms. The van der Waals surface area contributed by atoms with Gasteiger partial charge in [-0.1, -0.05) is 13.8 Å². The summed E-state index contributed by atoms with van der Waals surface area (Å²) in [5, 5.41) is 5.21. The molecule has 2 aromatic rings. The molecule has 130 valence electrons. The van der Waals surface area contributed by atoms with E-state index in [9.17, 15) is 13.6 Å². The number of rotatable bonds is 3. The lowest BCUT2D eigenvalue weighted by atomic mass is 10.3. The van der Waals surface area contributed by atoms with E-state index in [1.807, 2.05) is 39.1 Å². The molecule has 1 amide bonds. The summed E-state index contributed by atoms with van der Waals surface area (Å²) >= 11 is 0. The fourth-order valence-electron chi connectivity index (χ4n) is 1.71. The van der Waals surface area contributed by atoms with Crippen molar-refractivity contribution >= 4 is 17.8 Å². The normalized spacial score (nSPS) is 10.5. The van der Waals surface area contributed by atoms with Crippen molar-refractivity contribution in [1.82, 2.24) is 0 Å². The zero-order valence-corrected chi connectivity index (χ0v) is 13.7. The molecule has 0 radical (unpaired) electrons. The molecule has 1 aliphatic heterocycles. The molecule has 0 bridgehead atoms. The summed E-state index contributed by atoms with van der Waals surface area (Å²) in [4.78, 5) is 9.84. The van der Waals surface area contributed by atoms with Gasteiger partial charge in [0, 0.05) is 30.6 Å². The number of amides is 1. The van der Waals surface area contributed by atoms with Gasteiger partial charge in [0.2, 0.25) is 13.2 Å². The molecule has 2 aromatic carbocycles. The number of carbonyl (C=O) groups excluding carboxylic acids is 1. The Bertz CT molecular complexity index is 666. The van der Waals surface area contributed by atoms with Gasteiger partial charge in [-0.3, -0.25) is 4.79 Å². The number of fused-ring (bicyclic) bond motifs is 1. The van der Waals surface area contributed by atoms with Gasteiger partial charge in [0.15, 0.2) is 23.1 Å². The maximum atomic E-state index is 12.4. The summed E-state index contributed by atoms with van der Waals surface area (Å²) in [5.41, 5.74) is 1.27. The summed E-state index contributed by atoms with van der Waals surface area (Å²) in [6.45, 7) is 4.34. The van der Waals surface area contributed by atoms with E-state index in [4.69, 9.17) is 9.47 Å². The minimum atomic E-state index is -0.975. The largest absolute Gasteiger partial charge is 0.454 e.